The van der Waals surface area contributed by atoms with Crippen molar-refractivity contribution in [3.63, 3.8) is 0 Å². The number of benzene rings is 3. The molecule has 3 aromatic rings. The topological polar surface area (TPSA) is 45.0 Å². The molecule has 1 heterocycles. The van der Waals surface area contributed by atoms with Gasteiger partial charge in [0.2, 0.25) is 5.91 Å². The number of nitrogens with zero attached hydrogens (tertiary/aromatic N) is 3. The highest BCUT2D eigenvalue weighted by atomic mass is 32.2. The van der Waals surface area contributed by atoms with Crippen molar-refractivity contribution in [3.05, 3.63) is 83.9 Å². The molecule has 0 radical (unpaired) electrons. The molecule has 0 spiro atoms. The molecule has 1 atom stereocenters. The van der Waals surface area contributed by atoms with Crippen LogP contribution in [0.1, 0.15) is 30.9 Å². The van der Waals surface area contributed by atoms with E-state index >= 15 is 0 Å². The third kappa shape index (κ3) is 4.40. The highest BCUT2D eigenvalue weighted by Gasteiger charge is 2.37. The number of carbonyl (C=O) groups excluding carboxylic acids is 1. The van der Waals surface area contributed by atoms with Crippen LogP contribution in [0.25, 0.3) is 10.8 Å². The molecule has 146 valence electrons. The van der Waals surface area contributed by atoms with Crippen LogP contribution in [0.15, 0.2) is 83.0 Å². The molecule has 1 saturated heterocycles. The van der Waals surface area contributed by atoms with Gasteiger partial charge in [-0.1, -0.05) is 97.9 Å². The summed E-state index contributed by atoms with van der Waals surface area (Å²) in [4.78, 5) is 14.7. The Kier molecular flexibility index (Phi) is 6.06. The fourth-order valence-electron chi connectivity index (χ4n) is 3.45. The average molecular weight is 402 g/mol. The molecule has 3 aromatic carbocycles. The number of amides is 1. The van der Waals surface area contributed by atoms with E-state index in [2.05, 4.69) is 35.3 Å². The second-order valence-corrected chi connectivity index (χ2v) is 8.17. The molecular formula is C24H23N3OS. The standard InChI is InChI=1S/C24H23N3OS/c1-2-9-22-23(28)27(17-18-10-4-3-5-11-18)24(29-22)26-25-16-20-14-8-13-19-12-6-7-15-21(19)20/h3-8,10-16,22H,2,9,17H2,1H3/b25-16-,26-24+/t22-/m1/s1. The van der Waals surface area contributed by atoms with E-state index in [4.69, 9.17) is 0 Å². The van der Waals surface area contributed by atoms with Gasteiger partial charge in [0.1, 0.15) is 0 Å². The average Bonchev–Trinajstić information content (AvgIpc) is 3.04. The summed E-state index contributed by atoms with van der Waals surface area (Å²) in [7, 11) is 0. The predicted octanol–water partition coefficient (Wildman–Crippen LogP) is 5.47. The Morgan fingerprint density at radius 3 is 2.59 bits per heavy atom. The second-order valence-electron chi connectivity index (χ2n) is 7.00. The van der Waals surface area contributed by atoms with E-state index in [-0.39, 0.29) is 11.2 Å². The van der Waals surface area contributed by atoms with Gasteiger partial charge in [-0.25, -0.2) is 0 Å². The summed E-state index contributed by atoms with van der Waals surface area (Å²) in [6.07, 6.45) is 3.59. The molecule has 0 aliphatic carbocycles. The molecular weight excluding hydrogens is 378 g/mol. The molecule has 0 unspecified atom stereocenters. The van der Waals surface area contributed by atoms with Gasteiger partial charge >= 0.3 is 0 Å². The molecule has 29 heavy (non-hydrogen) atoms. The van der Waals surface area contributed by atoms with Crippen molar-refractivity contribution in [2.45, 2.75) is 31.6 Å². The van der Waals surface area contributed by atoms with Gasteiger partial charge in [0, 0.05) is 5.56 Å². The van der Waals surface area contributed by atoms with Crippen LogP contribution in [0.4, 0.5) is 0 Å². The summed E-state index contributed by atoms with van der Waals surface area (Å²) in [5.74, 6) is 0.125. The van der Waals surface area contributed by atoms with E-state index in [1.807, 2.05) is 54.6 Å². The Hall–Kier alpha value is -2.92. The first-order valence-electron chi connectivity index (χ1n) is 9.87. The second kappa shape index (κ2) is 9.05. The van der Waals surface area contributed by atoms with Crippen molar-refractivity contribution in [2.75, 3.05) is 0 Å². The Labute approximate surface area is 175 Å². The minimum atomic E-state index is -0.0739. The van der Waals surface area contributed by atoms with Crippen LogP contribution in [-0.2, 0) is 11.3 Å². The molecule has 1 amide bonds. The Bertz CT molecular complexity index is 1060. The van der Waals surface area contributed by atoms with Gasteiger partial charge in [0.25, 0.3) is 0 Å². The van der Waals surface area contributed by atoms with Gasteiger partial charge in [-0.3, -0.25) is 9.69 Å². The lowest BCUT2D eigenvalue weighted by atomic mass is 10.1. The number of amidine groups is 1. The van der Waals surface area contributed by atoms with Crippen molar-refractivity contribution in [1.29, 1.82) is 0 Å². The monoisotopic (exact) mass is 401 g/mol. The zero-order chi connectivity index (χ0) is 20.1. The molecule has 4 rings (SSSR count). The van der Waals surface area contributed by atoms with E-state index in [1.54, 1.807) is 11.1 Å². The van der Waals surface area contributed by atoms with E-state index in [0.717, 1.165) is 29.4 Å². The van der Waals surface area contributed by atoms with Crippen molar-refractivity contribution in [1.82, 2.24) is 4.90 Å². The normalized spacial score (nSPS) is 18.4. The molecule has 5 heteroatoms. The highest BCUT2D eigenvalue weighted by Crippen LogP contribution is 2.31. The number of carbonyl (C=O) groups is 1. The number of fused-ring (bicyclic) bond motifs is 1. The third-order valence-corrected chi connectivity index (χ3v) is 6.15. The first-order chi connectivity index (χ1) is 14.3. The van der Waals surface area contributed by atoms with Gasteiger partial charge in [-0.2, -0.15) is 5.10 Å². The minimum absolute atomic E-state index is 0.0739. The summed E-state index contributed by atoms with van der Waals surface area (Å²) in [6, 6.07) is 24.4. The number of hydrogen-bond donors (Lipinski definition) is 0. The Balaban J connectivity index is 1.60. The van der Waals surface area contributed by atoms with E-state index in [1.165, 1.54) is 17.1 Å². The smallest absolute Gasteiger partial charge is 0.242 e. The van der Waals surface area contributed by atoms with Crippen molar-refractivity contribution >= 4 is 39.8 Å². The maximum Gasteiger partial charge on any atom is 0.242 e. The fourth-order valence-corrected chi connectivity index (χ4v) is 4.66. The van der Waals surface area contributed by atoms with E-state index in [0.29, 0.717) is 11.7 Å². The van der Waals surface area contributed by atoms with Gasteiger partial charge < -0.3 is 0 Å². The zero-order valence-electron chi connectivity index (χ0n) is 16.4. The Morgan fingerprint density at radius 2 is 1.76 bits per heavy atom. The maximum atomic E-state index is 12.9. The molecule has 1 aliphatic rings. The van der Waals surface area contributed by atoms with Gasteiger partial charge in [0.15, 0.2) is 5.17 Å². The van der Waals surface area contributed by atoms with Gasteiger partial charge in [0.05, 0.1) is 18.0 Å². The summed E-state index contributed by atoms with van der Waals surface area (Å²) in [5.41, 5.74) is 2.10. The van der Waals surface area contributed by atoms with Gasteiger partial charge in [-0.05, 0) is 22.8 Å². The molecule has 0 aromatic heterocycles. The van der Waals surface area contributed by atoms with Crippen molar-refractivity contribution < 1.29 is 4.79 Å². The lowest BCUT2D eigenvalue weighted by molar-refractivity contribution is -0.126. The molecule has 1 fully saturated rings. The molecule has 1 aliphatic heterocycles. The number of rotatable bonds is 6. The molecule has 4 nitrogen and oxygen atoms in total. The largest absolute Gasteiger partial charge is 0.284 e. The lowest BCUT2D eigenvalue weighted by Gasteiger charge is -2.15. The fraction of sp³-hybridized carbons (Fsp3) is 0.208. The van der Waals surface area contributed by atoms with Crippen LogP contribution in [0, 0.1) is 0 Å². The predicted molar refractivity (Wildman–Crippen MR) is 122 cm³/mol. The van der Waals surface area contributed by atoms with Crippen LogP contribution < -0.4 is 0 Å². The summed E-state index contributed by atoms with van der Waals surface area (Å²) < 4.78 is 0. The molecule has 0 bridgehead atoms. The van der Waals surface area contributed by atoms with E-state index < -0.39 is 0 Å². The van der Waals surface area contributed by atoms with Crippen LogP contribution in [0.5, 0.6) is 0 Å². The minimum Gasteiger partial charge on any atom is -0.284 e. The first kappa shape index (κ1) is 19.4. The van der Waals surface area contributed by atoms with Gasteiger partial charge in [-0.15, -0.1) is 5.10 Å². The molecule has 0 saturated carbocycles. The highest BCUT2D eigenvalue weighted by molar-refractivity contribution is 8.15. The van der Waals surface area contributed by atoms with E-state index in [9.17, 15) is 4.79 Å². The number of hydrogen-bond acceptors (Lipinski definition) is 4. The van der Waals surface area contributed by atoms with Crippen LogP contribution >= 0.6 is 11.8 Å². The summed E-state index contributed by atoms with van der Waals surface area (Å²) >= 11 is 1.52. The quantitative estimate of drug-likeness (QED) is 0.406. The SMILES string of the molecule is CCC[C@H]1S/C(=N/N=C\c2cccc3ccccc23)N(Cc2ccccc2)C1=O. The van der Waals surface area contributed by atoms with Crippen LogP contribution in [0.2, 0.25) is 0 Å². The summed E-state index contributed by atoms with van der Waals surface area (Å²) in [6.45, 7) is 2.62. The van der Waals surface area contributed by atoms with Crippen LogP contribution in [0.3, 0.4) is 0 Å². The maximum absolute atomic E-state index is 12.9. The Morgan fingerprint density at radius 1 is 1.00 bits per heavy atom. The first-order valence-corrected chi connectivity index (χ1v) is 10.7. The third-order valence-electron chi connectivity index (χ3n) is 4.92. The molecule has 0 N–H and O–H groups in total. The van der Waals surface area contributed by atoms with Crippen molar-refractivity contribution in [2.24, 2.45) is 10.2 Å². The zero-order valence-corrected chi connectivity index (χ0v) is 17.2. The van der Waals surface area contributed by atoms with Crippen LogP contribution in [-0.4, -0.2) is 27.4 Å². The lowest BCUT2D eigenvalue weighted by Crippen LogP contribution is -2.31. The summed E-state index contributed by atoms with van der Waals surface area (Å²) in [5, 5.41) is 11.7. The number of thioether (sulfide) groups is 1. The van der Waals surface area contributed by atoms with Crippen molar-refractivity contribution in [3.8, 4) is 0 Å².